The molecule has 56 heavy (non-hydrogen) atoms. The van der Waals surface area contributed by atoms with Crippen molar-refractivity contribution in [1.82, 2.24) is 20.9 Å². The molecule has 1 aromatic rings. The molecular weight excluding hydrogens is 713 g/mol. The van der Waals surface area contributed by atoms with Gasteiger partial charge in [-0.05, 0) is 118 Å². The highest BCUT2D eigenvalue weighted by molar-refractivity contribution is 6.43. The number of nitrogens with zero attached hydrogens (tertiary/aromatic N) is 5. The molecular formula is C42H50N8O6. The summed E-state index contributed by atoms with van der Waals surface area (Å²) in [6.45, 7) is 5.88. The van der Waals surface area contributed by atoms with Gasteiger partial charge in [-0.15, -0.1) is 0 Å². The number of hydrogen-bond donors (Lipinski definition) is 6. The summed E-state index contributed by atoms with van der Waals surface area (Å²) in [5, 5.41) is 40.5. The molecule has 7 heterocycles. The number of carboxylic acid groups (broad SMARTS) is 3. The van der Waals surface area contributed by atoms with Gasteiger partial charge < -0.3 is 31.3 Å². The van der Waals surface area contributed by atoms with Crippen molar-refractivity contribution in [3.8, 4) is 0 Å². The number of nitrogens with one attached hydrogen (secondary N) is 3. The number of aliphatic imine (C=N–C) groups is 4. The summed E-state index contributed by atoms with van der Waals surface area (Å²) in [6, 6.07) is 8.13. The third-order valence-corrected chi connectivity index (χ3v) is 12.6. The monoisotopic (exact) mass is 762 g/mol. The van der Waals surface area contributed by atoms with Crippen LogP contribution in [-0.2, 0) is 27.3 Å². The molecule has 0 aromatic heterocycles. The predicted octanol–water partition coefficient (Wildman–Crippen LogP) is 3.10. The normalized spacial score (nSPS) is 25.4. The number of fused-ring (bicyclic) bond motifs is 2. The minimum Gasteiger partial charge on any atom is -0.481 e. The molecule has 294 valence electrons. The first-order valence-corrected chi connectivity index (χ1v) is 19.9. The van der Waals surface area contributed by atoms with Gasteiger partial charge in [-0.1, -0.05) is 24.3 Å². The minimum absolute atomic E-state index is 0.0436. The average Bonchev–Trinajstić information content (AvgIpc) is 4.01. The highest BCUT2D eigenvalue weighted by Crippen LogP contribution is 2.38. The molecule has 0 saturated carbocycles. The quantitative estimate of drug-likeness (QED) is 0.129. The third kappa shape index (κ3) is 8.15. The van der Waals surface area contributed by atoms with E-state index in [-0.39, 0.29) is 17.8 Å². The lowest BCUT2D eigenvalue weighted by Gasteiger charge is -2.25. The summed E-state index contributed by atoms with van der Waals surface area (Å²) >= 11 is 0. The maximum atomic E-state index is 12.5. The van der Waals surface area contributed by atoms with Gasteiger partial charge in [-0.2, -0.15) is 0 Å². The summed E-state index contributed by atoms with van der Waals surface area (Å²) < 4.78 is 0. The molecule has 7 aliphatic rings. The first-order chi connectivity index (χ1) is 27.2. The van der Waals surface area contributed by atoms with Crippen molar-refractivity contribution in [2.45, 2.75) is 45.1 Å². The fourth-order valence-corrected chi connectivity index (χ4v) is 9.56. The lowest BCUT2D eigenvalue weighted by molar-refractivity contribution is -0.144. The van der Waals surface area contributed by atoms with E-state index in [0.29, 0.717) is 58.5 Å². The van der Waals surface area contributed by atoms with Crippen molar-refractivity contribution in [3.63, 3.8) is 0 Å². The zero-order valence-corrected chi connectivity index (χ0v) is 31.5. The van der Waals surface area contributed by atoms with Crippen LogP contribution >= 0.6 is 0 Å². The zero-order valence-electron chi connectivity index (χ0n) is 31.5. The van der Waals surface area contributed by atoms with Crippen molar-refractivity contribution in [1.29, 1.82) is 0 Å². The fourth-order valence-electron chi connectivity index (χ4n) is 9.56. The van der Waals surface area contributed by atoms with Crippen molar-refractivity contribution in [3.05, 3.63) is 81.5 Å². The van der Waals surface area contributed by atoms with E-state index in [0.717, 1.165) is 95.1 Å². The van der Waals surface area contributed by atoms with Gasteiger partial charge in [-0.3, -0.25) is 39.3 Å². The van der Waals surface area contributed by atoms with Crippen molar-refractivity contribution >= 4 is 41.8 Å². The summed E-state index contributed by atoms with van der Waals surface area (Å²) in [7, 11) is 0. The number of rotatable bonds is 18. The summed E-state index contributed by atoms with van der Waals surface area (Å²) in [5.74, 6) is -3.75. The molecule has 0 radical (unpaired) electrons. The molecule has 0 amide bonds. The average molecular weight is 763 g/mol. The molecule has 6 atom stereocenters. The molecule has 0 aliphatic carbocycles. The van der Waals surface area contributed by atoms with E-state index in [1.807, 2.05) is 12.1 Å². The van der Waals surface area contributed by atoms with Crippen LogP contribution in [-0.4, -0.2) is 114 Å². The van der Waals surface area contributed by atoms with Gasteiger partial charge in [0.1, 0.15) is 0 Å². The Morgan fingerprint density at radius 1 is 0.643 bits per heavy atom. The lowest BCUT2D eigenvalue weighted by atomic mass is 9.84. The summed E-state index contributed by atoms with van der Waals surface area (Å²) in [4.78, 5) is 58.5. The van der Waals surface area contributed by atoms with Crippen molar-refractivity contribution < 1.29 is 29.7 Å². The van der Waals surface area contributed by atoms with Gasteiger partial charge in [0.05, 0.1) is 53.0 Å². The smallest absolute Gasteiger partial charge is 0.307 e. The van der Waals surface area contributed by atoms with E-state index in [1.54, 1.807) is 24.8 Å². The van der Waals surface area contributed by atoms with Gasteiger partial charge in [0.25, 0.3) is 0 Å². The summed E-state index contributed by atoms with van der Waals surface area (Å²) in [6.07, 6.45) is 10.8. The second kappa shape index (κ2) is 16.7. The van der Waals surface area contributed by atoms with E-state index >= 15 is 0 Å². The number of aliphatic carboxylic acids is 3. The van der Waals surface area contributed by atoms with Crippen LogP contribution < -0.4 is 16.0 Å². The van der Waals surface area contributed by atoms with Crippen LogP contribution in [0.4, 0.5) is 0 Å². The van der Waals surface area contributed by atoms with Gasteiger partial charge in [0.15, 0.2) is 0 Å². The fraction of sp³-hybridized carbons (Fsp3) is 0.500. The second-order valence-corrected chi connectivity index (χ2v) is 16.2. The molecule has 8 rings (SSSR count). The molecule has 6 unspecified atom stereocenters. The highest BCUT2D eigenvalue weighted by atomic mass is 16.4. The molecule has 1 aromatic carbocycles. The van der Waals surface area contributed by atoms with Gasteiger partial charge in [0, 0.05) is 43.2 Å². The number of hydrogen-bond acceptors (Lipinski definition) is 11. The Bertz CT molecular complexity index is 1910. The molecule has 6 N–H and O–H groups in total. The lowest BCUT2D eigenvalue weighted by Crippen LogP contribution is -2.29. The van der Waals surface area contributed by atoms with Crippen molar-refractivity contribution in [2.24, 2.45) is 55.5 Å². The highest BCUT2D eigenvalue weighted by Gasteiger charge is 2.37. The van der Waals surface area contributed by atoms with E-state index < -0.39 is 35.7 Å². The Balaban J connectivity index is 1.08. The van der Waals surface area contributed by atoms with Gasteiger partial charge in [0.2, 0.25) is 0 Å². The van der Waals surface area contributed by atoms with Crippen LogP contribution in [0.5, 0.6) is 0 Å². The standard InChI is InChI=1S/C42H50N8O6/c51-40(52)31(26-4-7-43-14-26)11-24-2-1-3-25(10-24)21-50(22-36-38-29(17-46-34(38)19-48-36)12-32(41(53)54)27-5-8-44-15-27)23-37-39-30(18-47-35(39)20-49-37)13-33(42(55)56)28-6-9-45-16-28/h1-3,10,17-20,26-28,31-33,43-45H,4-9,11-16,21-23H2,(H,51,52)(H,53,54)(H,55,56). The first kappa shape index (κ1) is 38.0. The van der Waals surface area contributed by atoms with Crippen LogP contribution in [0.15, 0.2) is 90.3 Å². The van der Waals surface area contributed by atoms with Gasteiger partial charge in [-0.25, -0.2) is 0 Å². The Morgan fingerprint density at radius 2 is 1.09 bits per heavy atom. The Labute approximate surface area is 326 Å². The van der Waals surface area contributed by atoms with E-state index in [9.17, 15) is 29.7 Å². The molecule has 0 spiro atoms. The predicted molar refractivity (Wildman–Crippen MR) is 213 cm³/mol. The number of carbonyl (C=O) groups is 3. The Kier molecular flexibility index (Phi) is 11.3. The number of allylic oxidation sites excluding steroid dienone is 4. The van der Waals surface area contributed by atoms with Crippen LogP contribution in [0, 0.1) is 35.5 Å². The van der Waals surface area contributed by atoms with E-state index in [1.165, 1.54) is 0 Å². The zero-order chi connectivity index (χ0) is 38.8. The molecule has 0 bridgehead atoms. The molecule has 3 fully saturated rings. The van der Waals surface area contributed by atoms with Crippen LogP contribution in [0.2, 0.25) is 0 Å². The third-order valence-electron chi connectivity index (χ3n) is 12.6. The second-order valence-electron chi connectivity index (χ2n) is 16.2. The van der Waals surface area contributed by atoms with Crippen LogP contribution in [0.25, 0.3) is 0 Å². The SMILES string of the molecule is O=C(O)C(CC1=CN=C2C=NC(CN(CC3=C4C(CC(C(=O)O)C5CCNC5)=CN=C4C=N3)Cc3cccc(CC(C(=O)O)C4CCNC4)c3)=C12)C1CCNC1. The van der Waals surface area contributed by atoms with Crippen molar-refractivity contribution in [2.75, 3.05) is 52.4 Å². The Hall–Kier alpha value is -4.89. The molecule has 14 nitrogen and oxygen atoms in total. The Morgan fingerprint density at radius 3 is 1.52 bits per heavy atom. The van der Waals surface area contributed by atoms with Crippen LogP contribution in [0.3, 0.4) is 0 Å². The molecule has 3 saturated heterocycles. The molecule has 7 aliphatic heterocycles. The maximum Gasteiger partial charge on any atom is 0.307 e. The van der Waals surface area contributed by atoms with E-state index in [2.05, 4.69) is 43.0 Å². The largest absolute Gasteiger partial charge is 0.481 e. The summed E-state index contributed by atoms with van der Waals surface area (Å²) in [5.41, 5.74) is 8.62. The number of benzene rings is 1. The first-order valence-electron chi connectivity index (χ1n) is 19.9. The molecule has 14 heteroatoms. The van der Waals surface area contributed by atoms with E-state index in [4.69, 9.17) is 9.98 Å². The van der Waals surface area contributed by atoms with Crippen LogP contribution in [0.1, 0.15) is 43.2 Å². The topological polar surface area (TPSA) is 201 Å². The minimum atomic E-state index is -0.801. The maximum absolute atomic E-state index is 12.5. The number of carboxylic acids is 3. The van der Waals surface area contributed by atoms with Gasteiger partial charge >= 0.3 is 17.9 Å².